The summed E-state index contributed by atoms with van der Waals surface area (Å²) in [4.78, 5) is 11.3. The van der Waals surface area contributed by atoms with Gasteiger partial charge in [-0.2, -0.15) is 4.57 Å². The van der Waals surface area contributed by atoms with Gasteiger partial charge >= 0.3 is 0 Å². The average molecular weight is 233 g/mol. The number of hydrogen-bond acceptors (Lipinski definition) is 3. The number of Topliss-reactive ketones (excluding diaryl/α,β-unsaturated/α-hetero) is 1. The number of thiazole rings is 1. The molecule has 1 aromatic heterocycles. The van der Waals surface area contributed by atoms with Gasteiger partial charge in [-0.15, -0.1) is 0 Å². The maximum Gasteiger partial charge on any atom is 0.268 e. The summed E-state index contributed by atoms with van der Waals surface area (Å²) < 4.78 is 1.67. The van der Waals surface area contributed by atoms with E-state index in [0.717, 1.165) is 21.9 Å². The van der Waals surface area contributed by atoms with Gasteiger partial charge in [0.2, 0.25) is 5.78 Å². The van der Waals surface area contributed by atoms with Crippen molar-refractivity contribution >= 4 is 17.1 Å². The molecule has 2 rings (SSSR count). The van der Waals surface area contributed by atoms with Crippen molar-refractivity contribution in [3.05, 3.63) is 36.0 Å². The first-order valence-electron chi connectivity index (χ1n) is 4.87. The van der Waals surface area contributed by atoms with Gasteiger partial charge < -0.3 is 5.11 Å². The lowest BCUT2D eigenvalue weighted by Gasteiger charge is -1.96. The Bertz CT molecular complexity index is 531. The zero-order chi connectivity index (χ0) is 11.7. The molecule has 16 heavy (non-hydrogen) atoms. The highest BCUT2D eigenvalue weighted by atomic mass is 32.1. The molecule has 0 saturated heterocycles. The molecule has 82 valence electrons. The van der Waals surface area contributed by atoms with Crippen LogP contribution >= 0.6 is 11.3 Å². The molecule has 0 unspecified atom stereocenters. The Kier molecular flexibility index (Phi) is 2.75. The van der Waals surface area contributed by atoms with Crippen LogP contribution in [0.3, 0.4) is 0 Å². The third-order valence-electron chi connectivity index (χ3n) is 2.38. The molecule has 0 radical (unpaired) electrons. The van der Waals surface area contributed by atoms with Crippen LogP contribution in [0.15, 0.2) is 30.3 Å². The molecule has 0 aliphatic carbocycles. The van der Waals surface area contributed by atoms with Crippen LogP contribution in [-0.2, 0) is 7.05 Å². The Labute approximate surface area is 97.6 Å². The zero-order valence-corrected chi connectivity index (χ0v) is 9.88. The Hall–Kier alpha value is -1.68. The number of aromatic nitrogens is 1. The van der Waals surface area contributed by atoms with E-state index in [2.05, 4.69) is 0 Å². The van der Waals surface area contributed by atoms with Crippen molar-refractivity contribution in [1.82, 2.24) is 0 Å². The number of ketones is 1. The van der Waals surface area contributed by atoms with Crippen LogP contribution in [0.25, 0.3) is 10.6 Å². The van der Waals surface area contributed by atoms with Gasteiger partial charge in [-0.25, -0.2) is 0 Å². The van der Waals surface area contributed by atoms with E-state index in [1.165, 1.54) is 6.92 Å². The van der Waals surface area contributed by atoms with E-state index in [1.807, 2.05) is 30.3 Å². The van der Waals surface area contributed by atoms with Gasteiger partial charge in [0.1, 0.15) is 7.05 Å². The van der Waals surface area contributed by atoms with Crippen molar-refractivity contribution in [3.63, 3.8) is 0 Å². The molecule has 4 heteroatoms. The van der Waals surface area contributed by atoms with Crippen molar-refractivity contribution in [3.8, 4) is 15.6 Å². The van der Waals surface area contributed by atoms with Gasteiger partial charge in [0.05, 0.1) is 5.56 Å². The molecule has 0 saturated carbocycles. The monoisotopic (exact) mass is 233 g/mol. The number of rotatable bonds is 2. The van der Waals surface area contributed by atoms with Crippen molar-refractivity contribution in [2.45, 2.75) is 6.92 Å². The van der Waals surface area contributed by atoms with Gasteiger partial charge in [0.25, 0.3) is 10.7 Å². The molecule has 0 bridgehead atoms. The standard InChI is InChI=1S/C12H11NO2S/c1-8(14)10-12(15)16-11(13(10)2)9-6-4-3-5-7-9/h3-7H,1-2H3. The molecular weight excluding hydrogens is 222 g/mol. The van der Waals surface area contributed by atoms with Crippen molar-refractivity contribution in [2.75, 3.05) is 0 Å². The fraction of sp³-hybridized carbons (Fsp3) is 0.167. The minimum absolute atomic E-state index is 0.172. The van der Waals surface area contributed by atoms with E-state index < -0.39 is 0 Å². The number of carbonyl (C=O) groups excluding carboxylic acids is 1. The average Bonchev–Trinajstić information content (AvgIpc) is 2.55. The van der Waals surface area contributed by atoms with Gasteiger partial charge in [0.15, 0.2) is 0 Å². The quantitative estimate of drug-likeness (QED) is 0.583. The molecule has 0 aliphatic heterocycles. The molecule has 0 atom stereocenters. The zero-order valence-electron chi connectivity index (χ0n) is 9.06. The molecule has 2 aromatic rings. The van der Waals surface area contributed by atoms with Crippen LogP contribution in [0.2, 0.25) is 0 Å². The van der Waals surface area contributed by atoms with E-state index in [0.29, 0.717) is 0 Å². The largest absolute Gasteiger partial charge is 0.860 e. The van der Waals surface area contributed by atoms with E-state index in [1.54, 1.807) is 11.6 Å². The lowest BCUT2D eigenvalue weighted by atomic mass is 10.2. The lowest BCUT2D eigenvalue weighted by molar-refractivity contribution is -0.659. The second-order valence-corrected chi connectivity index (χ2v) is 4.49. The summed E-state index contributed by atoms with van der Waals surface area (Å²) in [5, 5.41) is 12.3. The van der Waals surface area contributed by atoms with Crippen molar-refractivity contribution in [2.24, 2.45) is 7.05 Å². The molecule has 0 aliphatic rings. The Balaban J connectivity index is 2.61. The van der Waals surface area contributed by atoms with Crippen molar-refractivity contribution < 1.29 is 14.5 Å². The Morgan fingerprint density at radius 2 is 1.94 bits per heavy atom. The third kappa shape index (κ3) is 1.72. The fourth-order valence-electron chi connectivity index (χ4n) is 1.66. The summed E-state index contributed by atoms with van der Waals surface area (Å²) in [6.07, 6.45) is 0. The summed E-state index contributed by atoms with van der Waals surface area (Å²) in [5.74, 6) is -0.189. The normalized spacial score (nSPS) is 10.4. The maximum absolute atomic E-state index is 11.7. The lowest BCUT2D eigenvalue weighted by Crippen LogP contribution is -2.35. The first-order valence-corrected chi connectivity index (χ1v) is 5.69. The van der Waals surface area contributed by atoms with E-state index in [-0.39, 0.29) is 16.5 Å². The second-order valence-electron chi connectivity index (χ2n) is 3.52. The van der Waals surface area contributed by atoms with Crippen LogP contribution in [0, 0.1) is 0 Å². The van der Waals surface area contributed by atoms with Crippen LogP contribution in [0.4, 0.5) is 0 Å². The minimum atomic E-state index is -0.189. The summed E-state index contributed by atoms with van der Waals surface area (Å²) in [6.45, 7) is 1.41. The topological polar surface area (TPSA) is 44.0 Å². The van der Waals surface area contributed by atoms with Crippen LogP contribution in [0.5, 0.6) is 5.06 Å². The second kappa shape index (κ2) is 4.06. The maximum atomic E-state index is 11.7. The van der Waals surface area contributed by atoms with E-state index >= 15 is 0 Å². The SMILES string of the molecule is CC(=O)c1c([O-])sc(-c2ccccc2)[n+]1C. The predicted octanol–water partition coefficient (Wildman–Crippen LogP) is 1.52. The molecule has 0 spiro atoms. The minimum Gasteiger partial charge on any atom is -0.860 e. The third-order valence-corrected chi connectivity index (χ3v) is 3.46. The molecule has 0 amide bonds. The molecule has 3 nitrogen and oxygen atoms in total. The predicted molar refractivity (Wildman–Crippen MR) is 60.4 cm³/mol. The fourth-order valence-corrected chi connectivity index (χ4v) is 2.69. The van der Waals surface area contributed by atoms with Gasteiger partial charge in [-0.1, -0.05) is 29.5 Å². The summed E-state index contributed by atoms with van der Waals surface area (Å²) in [6, 6.07) is 9.59. The Morgan fingerprint density at radius 1 is 1.31 bits per heavy atom. The first kappa shape index (κ1) is 10.8. The summed E-state index contributed by atoms with van der Waals surface area (Å²) in [7, 11) is 1.75. The summed E-state index contributed by atoms with van der Waals surface area (Å²) in [5.41, 5.74) is 1.21. The van der Waals surface area contributed by atoms with Crippen LogP contribution in [0.1, 0.15) is 17.4 Å². The molecule has 1 aromatic carbocycles. The Morgan fingerprint density at radius 3 is 2.44 bits per heavy atom. The molecule has 0 fully saturated rings. The van der Waals surface area contributed by atoms with E-state index in [4.69, 9.17) is 0 Å². The number of hydrogen-bond donors (Lipinski definition) is 0. The highest BCUT2D eigenvalue weighted by molar-refractivity contribution is 7.16. The van der Waals surface area contributed by atoms with Crippen LogP contribution in [-0.4, -0.2) is 5.78 Å². The number of nitrogens with zero attached hydrogens (tertiary/aromatic N) is 1. The molecule has 1 heterocycles. The van der Waals surface area contributed by atoms with E-state index in [9.17, 15) is 9.90 Å². The van der Waals surface area contributed by atoms with Gasteiger partial charge in [0, 0.05) is 12.0 Å². The highest BCUT2D eigenvalue weighted by Crippen LogP contribution is 2.28. The van der Waals surface area contributed by atoms with Crippen LogP contribution < -0.4 is 9.67 Å². The first-order chi connectivity index (χ1) is 7.61. The molecule has 0 N–H and O–H groups in total. The van der Waals surface area contributed by atoms with Gasteiger partial charge in [-0.3, -0.25) is 4.79 Å². The smallest absolute Gasteiger partial charge is 0.268 e. The molecular formula is C12H11NO2S. The van der Waals surface area contributed by atoms with Gasteiger partial charge in [-0.05, 0) is 12.1 Å². The number of benzene rings is 1. The van der Waals surface area contributed by atoms with Crippen molar-refractivity contribution in [1.29, 1.82) is 0 Å². The highest BCUT2D eigenvalue weighted by Gasteiger charge is 2.22. The number of carbonyl (C=O) groups is 1. The summed E-state index contributed by atoms with van der Waals surface area (Å²) >= 11 is 1.11.